The monoisotopic (exact) mass is 256 g/mol. The summed E-state index contributed by atoms with van der Waals surface area (Å²) in [6.07, 6.45) is 6.60. The van der Waals surface area contributed by atoms with E-state index in [1.807, 2.05) is 0 Å². The number of hydrogen-bond donors (Lipinski definition) is 2. The highest BCUT2D eigenvalue weighted by atomic mass is 16.5. The van der Waals surface area contributed by atoms with E-state index in [2.05, 4.69) is 10.2 Å². The zero-order valence-electron chi connectivity index (χ0n) is 11.6. The summed E-state index contributed by atoms with van der Waals surface area (Å²) in [7, 11) is 1.70. The van der Waals surface area contributed by atoms with Gasteiger partial charge in [-0.2, -0.15) is 0 Å². The van der Waals surface area contributed by atoms with Crippen LogP contribution >= 0.6 is 0 Å². The first-order valence-corrected chi connectivity index (χ1v) is 7.43. The summed E-state index contributed by atoms with van der Waals surface area (Å²) in [6.45, 7) is 4.22. The second-order valence-electron chi connectivity index (χ2n) is 5.75. The third-order valence-electron chi connectivity index (χ3n) is 4.42. The highest BCUT2D eigenvalue weighted by Gasteiger charge is 2.35. The number of likely N-dealkylation sites (tertiary alicyclic amines) is 1. The number of β-amino-alcohol motifs (C(OH)–C–C–N with tert-alkyl or cyclic N) is 1. The van der Waals surface area contributed by atoms with E-state index in [1.165, 1.54) is 38.6 Å². The number of nitrogens with zero attached hydrogens (tertiary/aromatic N) is 1. The van der Waals surface area contributed by atoms with Crippen LogP contribution in [0.25, 0.3) is 0 Å². The Balaban J connectivity index is 1.67. The largest absolute Gasteiger partial charge is 0.390 e. The molecule has 0 amide bonds. The van der Waals surface area contributed by atoms with E-state index in [1.54, 1.807) is 7.11 Å². The second-order valence-corrected chi connectivity index (χ2v) is 5.75. The average molecular weight is 256 g/mol. The van der Waals surface area contributed by atoms with E-state index >= 15 is 0 Å². The standard InChI is InChI=1S/C14H28N2O2/c1-18-9-7-15-10-13(17)11-16-8-3-5-12-4-2-6-14(12)16/h12-15,17H,2-11H2,1H3. The molecule has 106 valence electrons. The fourth-order valence-corrected chi connectivity index (χ4v) is 3.56. The summed E-state index contributed by atoms with van der Waals surface area (Å²) in [4.78, 5) is 2.53. The van der Waals surface area contributed by atoms with Gasteiger partial charge in [0.15, 0.2) is 0 Å². The molecule has 1 heterocycles. The molecule has 0 aromatic heterocycles. The normalized spacial score (nSPS) is 30.3. The number of aliphatic hydroxyl groups is 1. The molecule has 1 saturated carbocycles. The molecule has 4 heteroatoms. The van der Waals surface area contributed by atoms with Gasteiger partial charge in [-0.05, 0) is 38.1 Å². The fraction of sp³-hybridized carbons (Fsp3) is 1.00. The molecule has 0 aromatic carbocycles. The van der Waals surface area contributed by atoms with Crippen LogP contribution in [0.1, 0.15) is 32.1 Å². The SMILES string of the molecule is COCCNCC(O)CN1CCCC2CCCC21. The van der Waals surface area contributed by atoms with Gasteiger partial charge >= 0.3 is 0 Å². The number of nitrogens with one attached hydrogen (secondary N) is 1. The molecule has 0 radical (unpaired) electrons. The molecule has 3 atom stereocenters. The zero-order chi connectivity index (χ0) is 12.8. The molecule has 1 aliphatic carbocycles. The van der Waals surface area contributed by atoms with Gasteiger partial charge < -0.3 is 15.2 Å². The lowest BCUT2D eigenvalue weighted by Gasteiger charge is -2.38. The molecule has 3 unspecified atom stereocenters. The zero-order valence-corrected chi connectivity index (χ0v) is 11.6. The smallest absolute Gasteiger partial charge is 0.0791 e. The van der Waals surface area contributed by atoms with Crippen molar-refractivity contribution in [3.8, 4) is 0 Å². The minimum atomic E-state index is -0.249. The Labute approximate surface area is 111 Å². The molecule has 18 heavy (non-hydrogen) atoms. The summed E-state index contributed by atoms with van der Waals surface area (Å²) in [5.41, 5.74) is 0. The lowest BCUT2D eigenvalue weighted by molar-refractivity contribution is 0.0504. The van der Waals surface area contributed by atoms with E-state index in [4.69, 9.17) is 4.74 Å². The molecular weight excluding hydrogens is 228 g/mol. The van der Waals surface area contributed by atoms with E-state index in [0.29, 0.717) is 13.2 Å². The van der Waals surface area contributed by atoms with Crippen LogP contribution in [0.5, 0.6) is 0 Å². The Morgan fingerprint density at radius 1 is 1.33 bits per heavy atom. The molecule has 2 N–H and O–H groups in total. The maximum absolute atomic E-state index is 10.1. The number of methoxy groups -OCH3 is 1. The topological polar surface area (TPSA) is 44.7 Å². The average Bonchev–Trinajstić information content (AvgIpc) is 2.84. The van der Waals surface area contributed by atoms with Crippen LogP contribution in [0, 0.1) is 5.92 Å². The van der Waals surface area contributed by atoms with Crippen LogP contribution in [0.15, 0.2) is 0 Å². The van der Waals surface area contributed by atoms with Gasteiger partial charge in [0.2, 0.25) is 0 Å². The van der Waals surface area contributed by atoms with Crippen molar-refractivity contribution < 1.29 is 9.84 Å². The third kappa shape index (κ3) is 3.92. The van der Waals surface area contributed by atoms with E-state index in [0.717, 1.165) is 25.0 Å². The van der Waals surface area contributed by atoms with Gasteiger partial charge in [0.05, 0.1) is 12.7 Å². The first kappa shape index (κ1) is 14.3. The van der Waals surface area contributed by atoms with Crippen LogP contribution in [0.3, 0.4) is 0 Å². The first-order chi connectivity index (χ1) is 8.81. The van der Waals surface area contributed by atoms with Crippen LogP contribution < -0.4 is 5.32 Å². The number of fused-ring (bicyclic) bond motifs is 1. The Bertz CT molecular complexity index is 238. The van der Waals surface area contributed by atoms with Crippen molar-refractivity contribution in [2.24, 2.45) is 5.92 Å². The van der Waals surface area contributed by atoms with Crippen LogP contribution in [-0.4, -0.2) is 62.0 Å². The number of aliphatic hydroxyl groups excluding tert-OH is 1. The molecule has 0 bridgehead atoms. The number of ether oxygens (including phenoxy) is 1. The number of rotatable bonds is 7. The quantitative estimate of drug-likeness (QED) is 0.663. The van der Waals surface area contributed by atoms with Crippen LogP contribution in [0.2, 0.25) is 0 Å². The highest BCUT2D eigenvalue weighted by Crippen LogP contribution is 2.36. The molecule has 0 spiro atoms. The van der Waals surface area contributed by atoms with Gasteiger partial charge in [-0.25, -0.2) is 0 Å². The minimum Gasteiger partial charge on any atom is -0.390 e. The van der Waals surface area contributed by atoms with Crippen molar-refractivity contribution in [3.63, 3.8) is 0 Å². The predicted octanol–water partition coefficient (Wildman–Crippen LogP) is 0.848. The van der Waals surface area contributed by atoms with Gasteiger partial charge in [-0.1, -0.05) is 6.42 Å². The first-order valence-electron chi connectivity index (χ1n) is 7.43. The van der Waals surface area contributed by atoms with Gasteiger partial charge in [-0.3, -0.25) is 4.90 Å². The van der Waals surface area contributed by atoms with Gasteiger partial charge in [-0.15, -0.1) is 0 Å². The lowest BCUT2D eigenvalue weighted by Crippen LogP contribution is -2.48. The lowest BCUT2D eigenvalue weighted by atomic mass is 9.92. The van der Waals surface area contributed by atoms with Crippen LogP contribution in [0.4, 0.5) is 0 Å². The third-order valence-corrected chi connectivity index (χ3v) is 4.42. The molecule has 1 aliphatic heterocycles. The Kier molecular flexibility index (Phi) is 5.89. The maximum Gasteiger partial charge on any atom is 0.0791 e. The molecule has 2 fully saturated rings. The fourth-order valence-electron chi connectivity index (χ4n) is 3.56. The molecule has 1 saturated heterocycles. The number of piperidine rings is 1. The molecule has 2 rings (SSSR count). The van der Waals surface area contributed by atoms with Gasteiger partial charge in [0.1, 0.15) is 0 Å². The van der Waals surface area contributed by atoms with Crippen molar-refractivity contribution in [2.45, 2.75) is 44.2 Å². The van der Waals surface area contributed by atoms with Crippen molar-refractivity contribution in [3.05, 3.63) is 0 Å². The highest BCUT2D eigenvalue weighted by molar-refractivity contribution is 4.89. The van der Waals surface area contributed by atoms with E-state index < -0.39 is 0 Å². The summed E-state index contributed by atoms with van der Waals surface area (Å²) in [6, 6.07) is 0.757. The minimum absolute atomic E-state index is 0.249. The molecular formula is C14H28N2O2. The summed E-state index contributed by atoms with van der Waals surface area (Å²) in [5, 5.41) is 13.3. The predicted molar refractivity (Wildman–Crippen MR) is 72.7 cm³/mol. The summed E-state index contributed by atoms with van der Waals surface area (Å²) in [5.74, 6) is 0.910. The summed E-state index contributed by atoms with van der Waals surface area (Å²) >= 11 is 0. The molecule has 4 nitrogen and oxygen atoms in total. The molecule has 0 aromatic rings. The second kappa shape index (κ2) is 7.43. The van der Waals surface area contributed by atoms with Crippen molar-refractivity contribution in [2.75, 3.05) is 39.9 Å². The van der Waals surface area contributed by atoms with Crippen molar-refractivity contribution in [1.29, 1.82) is 0 Å². The van der Waals surface area contributed by atoms with E-state index in [9.17, 15) is 5.11 Å². The Morgan fingerprint density at radius 2 is 2.17 bits per heavy atom. The maximum atomic E-state index is 10.1. The van der Waals surface area contributed by atoms with Gasteiger partial charge in [0.25, 0.3) is 0 Å². The Hall–Kier alpha value is -0.160. The Morgan fingerprint density at radius 3 is 3.00 bits per heavy atom. The van der Waals surface area contributed by atoms with Crippen molar-refractivity contribution in [1.82, 2.24) is 10.2 Å². The summed E-state index contributed by atoms with van der Waals surface area (Å²) < 4.78 is 4.98. The molecule has 2 aliphatic rings. The van der Waals surface area contributed by atoms with E-state index in [-0.39, 0.29) is 6.10 Å². The number of hydrogen-bond acceptors (Lipinski definition) is 4. The van der Waals surface area contributed by atoms with Crippen molar-refractivity contribution >= 4 is 0 Å². The van der Waals surface area contributed by atoms with Crippen LogP contribution in [-0.2, 0) is 4.74 Å². The van der Waals surface area contributed by atoms with Gasteiger partial charge in [0, 0.05) is 32.8 Å².